The SMILES string of the molecule is CCOC(=O)C1C=CC(NC(=O)OC(C)(C)C)C1. The zero-order chi connectivity index (χ0) is 13.8. The van der Waals surface area contributed by atoms with E-state index < -0.39 is 11.7 Å². The largest absolute Gasteiger partial charge is 0.466 e. The van der Waals surface area contributed by atoms with E-state index in [-0.39, 0.29) is 17.9 Å². The molecule has 1 rings (SSSR count). The van der Waals surface area contributed by atoms with Gasteiger partial charge in [0.2, 0.25) is 0 Å². The highest BCUT2D eigenvalue weighted by Gasteiger charge is 2.28. The Morgan fingerprint density at radius 2 is 2.00 bits per heavy atom. The molecule has 0 aromatic rings. The van der Waals surface area contributed by atoms with Crippen LogP contribution in [0.15, 0.2) is 12.2 Å². The highest BCUT2D eigenvalue weighted by Crippen LogP contribution is 2.19. The lowest BCUT2D eigenvalue weighted by Gasteiger charge is -2.21. The van der Waals surface area contributed by atoms with E-state index in [0.717, 1.165) is 0 Å². The van der Waals surface area contributed by atoms with Crippen molar-refractivity contribution in [1.82, 2.24) is 5.32 Å². The zero-order valence-electron chi connectivity index (χ0n) is 11.4. The highest BCUT2D eigenvalue weighted by molar-refractivity contribution is 5.76. The molecule has 18 heavy (non-hydrogen) atoms. The maximum atomic E-state index is 11.5. The Morgan fingerprint density at radius 3 is 2.56 bits per heavy atom. The second kappa shape index (κ2) is 5.89. The summed E-state index contributed by atoms with van der Waals surface area (Å²) in [6, 6.07) is -0.172. The minimum absolute atomic E-state index is 0.172. The van der Waals surface area contributed by atoms with Crippen molar-refractivity contribution in [2.75, 3.05) is 6.61 Å². The Balaban J connectivity index is 2.38. The van der Waals surface area contributed by atoms with Crippen molar-refractivity contribution in [3.05, 3.63) is 12.2 Å². The van der Waals surface area contributed by atoms with Gasteiger partial charge in [-0.15, -0.1) is 0 Å². The van der Waals surface area contributed by atoms with Gasteiger partial charge in [-0.2, -0.15) is 0 Å². The lowest BCUT2D eigenvalue weighted by molar-refractivity contribution is -0.146. The van der Waals surface area contributed by atoms with E-state index in [9.17, 15) is 9.59 Å². The fourth-order valence-electron chi connectivity index (χ4n) is 1.69. The van der Waals surface area contributed by atoms with E-state index in [0.29, 0.717) is 13.0 Å². The van der Waals surface area contributed by atoms with Gasteiger partial charge in [-0.1, -0.05) is 12.2 Å². The molecule has 1 N–H and O–H groups in total. The number of esters is 1. The van der Waals surface area contributed by atoms with Crippen molar-refractivity contribution in [3.63, 3.8) is 0 Å². The lowest BCUT2D eigenvalue weighted by Crippen LogP contribution is -2.38. The summed E-state index contributed by atoms with van der Waals surface area (Å²) in [5.41, 5.74) is -0.521. The molecule has 1 aliphatic rings. The van der Waals surface area contributed by atoms with Crippen LogP contribution in [0.25, 0.3) is 0 Å². The van der Waals surface area contributed by atoms with Crippen molar-refractivity contribution in [3.8, 4) is 0 Å². The fourth-order valence-corrected chi connectivity index (χ4v) is 1.69. The third-order valence-corrected chi connectivity index (χ3v) is 2.38. The Morgan fingerprint density at radius 1 is 1.33 bits per heavy atom. The van der Waals surface area contributed by atoms with E-state index >= 15 is 0 Å². The van der Waals surface area contributed by atoms with E-state index in [4.69, 9.17) is 9.47 Å². The number of nitrogens with one attached hydrogen (secondary N) is 1. The number of carbonyl (C=O) groups is 2. The lowest BCUT2D eigenvalue weighted by atomic mass is 10.1. The molecule has 1 amide bonds. The van der Waals surface area contributed by atoms with Gasteiger partial charge in [0.1, 0.15) is 5.60 Å². The van der Waals surface area contributed by atoms with Crippen molar-refractivity contribution >= 4 is 12.1 Å². The summed E-state index contributed by atoms with van der Waals surface area (Å²) >= 11 is 0. The molecule has 102 valence electrons. The number of hydrogen-bond acceptors (Lipinski definition) is 4. The number of rotatable bonds is 3. The van der Waals surface area contributed by atoms with Crippen LogP contribution in [0.1, 0.15) is 34.1 Å². The van der Waals surface area contributed by atoms with Crippen molar-refractivity contribution in [1.29, 1.82) is 0 Å². The van der Waals surface area contributed by atoms with Gasteiger partial charge in [0.15, 0.2) is 0 Å². The van der Waals surface area contributed by atoms with Gasteiger partial charge in [0.25, 0.3) is 0 Å². The molecule has 5 heteroatoms. The topological polar surface area (TPSA) is 64.6 Å². The van der Waals surface area contributed by atoms with Crippen molar-refractivity contribution in [2.24, 2.45) is 5.92 Å². The molecule has 5 nitrogen and oxygen atoms in total. The maximum absolute atomic E-state index is 11.5. The molecule has 0 saturated heterocycles. The normalized spacial score (nSPS) is 22.7. The summed E-state index contributed by atoms with van der Waals surface area (Å²) in [6.07, 6.45) is 3.62. The van der Waals surface area contributed by atoms with Gasteiger partial charge in [0, 0.05) is 0 Å². The van der Waals surface area contributed by atoms with Gasteiger partial charge in [-0.25, -0.2) is 4.79 Å². The van der Waals surface area contributed by atoms with Crippen LogP contribution in [0.3, 0.4) is 0 Å². The average Bonchev–Trinajstić information content (AvgIpc) is 2.63. The van der Waals surface area contributed by atoms with Crippen LogP contribution in [0, 0.1) is 5.92 Å². The summed E-state index contributed by atoms with van der Waals surface area (Å²) in [5.74, 6) is -0.521. The second-order valence-corrected chi connectivity index (χ2v) is 5.23. The number of amides is 1. The number of ether oxygens (including phenoxy) is 2. The first-order valence-corrected chi connectivity index (χ1v) is 6.16. The fraction of sp³-hybridized carbons (Fsp3) is 0.692. The molecule has 0 aromatic heterocycles. The summed E-state index contributed by atoms with van der Waals surface area (Å²) in [6.45, 7) is 7.55. The molecule has 0 bridgehead atoms. The number of hydrogen-bond donors (Lipinski definition) is 1. The first-order valence-electron chi connectivity index (χ1n) is 6.16. The summed E-state index contributed by atoms with van der Waals surface area (Å²) in [4.78, 5) is 23.0. The Kier molecular flexibility index (Phi) is 4.76. The van der Waals surface area contributed by atoms with E-state index in [2.05, 4.69) is 5.32 Å². The molecule has 0 saturated carbocycles. The van der Waals surface area contributed by atoms with Crippen LogP contribution in [0.2, 0.25) is 0 Å². The quantitative estimate of drug-likeness (QED) is 0.619. The molecule has 0 aromatic carbocycles. The minimum Gasteiger partial charge on any atom is -0.466 e. The Hall–Kier alpha value is -1.52. The van der Waals surface area contributed by atoms with Crippen LogP contribution >= 0.6 is 0 Å². The standard InChI is InChI=1S/C13H21NO4/c1-5-17-11(15)9-6-7-10(8-9)14-12(16)18-13(2,3)4/h6-7,9-10H,5,8H2,1-4H3,(H,14,16). The monoisotopic (exact) mass is 255 g/mol. The third-order valence-electron chi connectivity index (χ3n) is 2.38. The predicted octanol–water partition coefficient (Wildman–Crippen LogP) is 2.02. The van der Waals surface area contributed by atoms with Gasteiger partial charge in [-0.05, 0) is 34.1 Å². The smallest absolute Gasteiger partial charge is 0.408 e. The molecule has 2 unspecified atom stereocenters. The van der Waals surface area contributed by atoms with Crippen LogP contribution in [0.4, 0.5) is 4.79 Å². The summed E-state index contributed by atoms with van der Waals surface area (Å²) in [5, 5.41) is 2.71. The first-order chi connectivity index (χ1) is 8.31. The van der Waals surface area contributed by atoms with E-state index in [1.54, 1.807) is 39.8 Å². The molecule has 2 atom stereocenters. The summed E-state index contributed by atoms with van der Waals surface area (Å²) < 4.78 is 10.1. The van der Waals surface area contributed by atoms with Crippen LogP contribution < -0.4 is 5.32 Å². The molecule has 1 aliphatic carbocycles. The van der Waals surface area contributed by atoms with E-state index in [1.807, 2.05) is 0 Å². The van der Waals surface area contributed by atoms with E-state index in [1.165, 1.54) is 0 Å². The minimum atomic E-state index is -0.521. The number of carbonyl (C=O) groups excluding carboxylic acids is 2. The first kappa shape index (κ1) is 14.5. The van der Waals surface area contributed by atoms with Gasteiger partial charge in [0.05, 0.1) is 18.6 Å². The molecule has 0 fully saturated rings. The van der Waals surface area contributed by atoms with Crippen LogP contribution in [-0.2, 0) is 14.3 Å². The highest BCUT2D eigenvalue weighted by atomic mass is 16.6. The Labute approximate surface area is 108 Å². The molecular formula is C13H21NO4. The molecule has 0 heterocycles. The number of alkyl carbamates (subject to hydrolysis) is 1. The van der Waals surface area contributed by atoms with Crippen molar-refractivity contribution < 1.29 is 19.1 Å². The average molecular weight is 255 g/mol. The molecule has 0 spiro atoms. The van der Waals surface area contributed by atoms with Gasteiger partial charge < -0.3 is 14.8 Å². The van der Waals surface area contributed by atoms with Crippen LogP contribution in [-0.4, -0.2) is 30.3 Å². The second-order valence-electron chi connectivity index (χ2n) is 5.23. The molecule has 0 aliphatic heterocycles. The van der Waals surface area contributed by atoms with Gasteiger partial charge >= 0.3 is 12.1 Å². The maximum Gasteiger partial charge on any atom is 0.408 e. The molecular weight excluding hydrogens is 234 g/mol. The zero-order valence-corrected chi connectivity index (χ0v) is 11.4. The third kappa shape index (κ3) is 4.77. The molecule has 0 radical (unpaired) electrons. The Bertz CT molecular complexity index is 343. The van der Waals surface area contributed by atoms with Gasteiger partial charge in [-0.3, -0.25) is 4.79 Å². The van der Waals surface area contributed by atoms with Crippen molar-refractivity contribution in [2.45, 2.75) is 45.8 Å². The summed E-state index contributed by atoms with van der Waals surface area (Å²) in [7, 11) is 0. The van der Waals surface area contributed by atoms with Crippen LogP contribution in [0.5, 0.6) is 0 Å². The predicted molar refractivity (Wildman–Crippen MR) is 67.0 cm³/mol.